The highest BCUT2D eigenvalue weighted by molar-refractivity contribution is 6.33. The lowest BCUT2D eigenvalue weighted by atomic mass is 10.0. The summed E-state index contributed by atoms with van der Waals surface area (Å²) >= 11 is 16.5. The Hall–Kier alpha value is -0.320. The first kappa shape index (κ1) is 11.8. The Bertz CT molecular complexity index is 331. The van der Waals surface area contributed by atoms with Gasteiger partial charge in [-0.1, -0.05) is 11.6 Å². The van der Waals surface area contributed by atoms with E-state index in [0.29, 0.717) is 0 Å². The first-order valence-corrected chi connectivity index (χ1v) is 4.86. The minimum absolute atomic E-state index is 0.0490. The van der Waals surface area contributed by atoms with Gasteiger partial charge in [0.2, 0.25) is 0 Å². The summed E-state index contributed by atoms with van der Waals surface area (Å²) in [5, 5.41) is 10.6. The lowest BCUT2D eigenvalue weighted by molar-refractivity contribution is -0.520. The number of nitrogens with zero attached hydrogens (tertiary/aromatic N) is 1. The average Bonchev–Trinajstić information content (AvgIpc) is 2.11. The first-order valence-electron chi connectivity index (χ1n) is 3.57. The maximum Gasteiger partial charge on any atom is 0.365 e. The Balaban J connectivity index is 3.11. The summed E-state index contributed by atoms with van der Waals surface area (Å²) in [5.74, 6) is -1.56. The van der Waals surface area contributed by atoms with Gasteiger partial charge in [0.25, 0.3) is 0 Å². The van der Waals surface area contributed by atoms with Crippen LogP contribution < -0.4 is 0 Å². The highest BCUT2D eigenvalue weighted by Crippen LogP contribution is 2.38. The molecule has 0 fully saturated rings. The molecule has 78 valence electrons. The summed E-state index contributed by atoms with van der Waals surface area (Å²) in [6, 6.07) is 0. The third kappa shape index (κ3) is 1.87. The molecule has 0 aromatic heterocycles. The Morgan fingerprint density at radius 1 is 1.71 bits per heavy atom. The van der Waals surface area contributed by atoms with Gasteiger partial charge >= 0.3 is 5.00 Å². The minimum atomic E-state index is -2.38. The summed E-state index contributed by atoms with van der Waals surface area (Å²) in [7, 11) is 0. The average molecular weight is 260 g/mol. The van der Waals surface area contributed by atoms with Crippen LogP contribution in [0.2, 0.25) is 0 Å². The largest absolute Gasteiger partial charge is 0.365 e. The van der Waals surface area contributed by atoms with Crippen molar-refractivity contribution in [2.45, 2.75) is 5.00 Å². The van der Waals surface area contributed by atoms with Crippen molar-refractivity contribution in [1.82, 2.24) is 0 Å². The topological polar surface area (TPSA) is 43.1 Å². The standard InChI is InChI=1S/C7H5Cl3FNO2/c8-3-4-1-6(11)7(10,12(13)14)2-5(4)9/h1-2,4H,3H2. The summed E-state index contributed by atoms with van der Waals surface area (Å²) in [5.41, 5.74) is 0. The zero-order valence-electron chi connectivity index (χ0n) is 6.71. The van der Waals surface area contributed by atoms with Crippen LogP contribution in [-0.4, -0.2) is 15.8 Å². The normalized spacial score (nSPS) is 32.1. The van der Waals surface area contributed by atoms with E-state index < -0.39 is 21.7 Å². The van der Waals surface area contributed by atoms with Crippen LogP contribution in [-0.2, 0) is 0 Å². The minimum Gasteiger partial charge on any atom is -0.262 e. The SMILES string of the molecule is O=[N+]([O-])C1(Cl)C=C(Cl)C(CCl)C=C1F. The molecule has 14 heavy (non-hydrogen) atoms. The van der Waals surface area contributed by atoms with Gasteiger partial charge in [0.15, 0.2) is 5.83 Å². The number of hydrogen-bond donors (Lipinski definition) is 0. The molecule has 7 heteroatoms. The quantitative estimate of drug-likeness (QED) is 0.331. The monoisotopic (exact) mass is 259 g/mol. The van der Waals surface area contributed by atoms with Crippen LogP contribution in [0.25, 0.3) is 0 Å². The molecule has 0 N–H and O–H groups in total. The van der Waals surface area contributed by atoms with Crippen LogP contribution in [0, 0.1) is 16.0 Å². The van der Waals surface area contributed by atoms with Gasteiger partial charge in [-0.25, -0.2) is 4.39 Å². The fourth-order valence-electron chi connectivity index (χ4n) is 0.990. The number of nitro groups is 1. The lowest BCUT2D eigenvalue weighted by Gasteiger charge is -2.20. The molecule has 1 aliphatic rings. The van der Waals surface area contributed by atoms with Gasteiger partial charge < -0.3 is 0 Å². The van der Waals surface area contributed by atoms with Crippen LogP contribution in [0.15, 0.2) is 23.0 Å². The summed E-state index contributed by atoms with van der Waals surface area (Å²) < 4.78 is 13.2. The van der Waals surface area contributed by atoms with Gasteiger partial charge in [-0.05, 0) is 17.7 Å². The Kier molecular flexibility index (Phi) is 3.40. The van der Waals surface area contributed by atoms with Crippen LogP contribution in [0.4, 0.5) is 4.39 Å². The van der Waals surface area contributed by atoms with Gasteiger partial charge in [0.05, 0.1) is 4.92 Å². The van der Waals surface area contributed by atoms with Crippen molar-refractivity contribution in [2.75, 3.05) is 5.88 Å². The number of halogens is 4. The van der Waals surface area contributed by atoms with Crippen molar-refractivity contribution in [3.05, 3.63) is 33.1 Å². The maximum atomic E-state index is 13.2. The number of allylic oxidation sites excluding steroid dienone is 2. The van der Waals surface area contributed by atoms with Gasteiger partial charge in [-0.3, -0.25) is 10.1 Å². The third-order valence-corrected chi connectivity index (χ3v) is 2.95. The van der Waals surface area contributed by atoms with Gasteiger partial charge in [-0.15, -0.1) is 11.6 Å². The molecule has 0 aromatic rings. The molecule has 0 amide bonds. The van der Waals surface area contributed by atoms with Crippen molar-refractivity contribution in [1.29, 1.82) is 0 Å². The van der Waals surface area contributed by atoms with E-state index in [1.165, 1.54) is 0 Å². The zero-order valence-corrected chi connectivity index (χ0v) is 8.98. The first-order chi connectivity index (χ1) is 6.41. The Labute approximate surface area is 94.3 Å². The predicted molar refractivity (Wildman–Crippen MR) is 52.9 cm³/mol. The molecule has 0 bridgehead atoms. The summed E-state index contributed by atoms with van der Waals surface area (Å²) in [6.45, 7) is 0. The molecule has 0 saturated carbocycles. The molecule has 0 spiro atoms. The van der Waals surface area contributed by atoms with Crippen LogP contribution in [0.1, 0.15) is 0 Å². The smallest absolute Gasteiger partial charge is 0.262 e. The van der Waals surface area contributed by atoms with Crippen LogP contribution >= 0.6 is 34.8 Å². The molecule has 0 aliphatic heterocycles. The molecule has 0 heterocycles. The summed E-state index contributed by atoms with van der Waals surface area (Å²) in [4.78, 5) is 7.16. The molecule has 2 unspecified atom stereocenters. The fraction of sp³-hybridized carbons (Fsp3) is 0.429. The molecule has 2 atom stereocenters. The molecule has 0 saturated heterocycles. The van der Waals surface area contributed by atoms with Crippen molar-refractivity contribution in [3.8, 4) is 0 Å². The molecule has 0 radical (unpaired) electrons. The van der Waals surface area contributed by atoms with Crippen LogP contribution in [0.3, 0.4) is 0 Å². The van der Waals surface area contributed by atoms with E-state index >= 15 is 0 Å². The van der Waals surface area contributed by atoms with Crippen molar-refractivity contribution >= 4 is 34.8 Å². The van der Waals surface area contributed by atoms with Gasteiger partial charge in [0.1, 0.15) is 0 Å². The second kappa shape index (κ2) is 4.04. The van der Waals surface area contributed by atoms with E-state index in [1.807, 2.05) is 0 Å². The second-order valence-corrected chi connectivity index (χ2v) is 4.06. The summed E-state index contributed by atoms with van der Waals surface area (Å²) in [6.07, 6.45) is 1.82. The fourth-order valence-corrected chi connectivity index (χ4v) is 1.86. The zero-order chi connectivity index (χ0) is 10.9. The molecule has 0 aromatic carbocycles. The Morgan fingerprint density at radius 3 is 2.71 bits per heavy atom. The van der Waals surface area contributed by atoms with Gasteiger partial charge in [-0.2, -0.15) is 0 Å². The maximum absolute atomic E-state index is 13.2. The van der Waals surface area contributed by atoms with Crippen molar-refractivity contribution in [3.63, 3.8) is 0 Å². The van der Waals surface area contributed by atoms with E-state index in [2.05, 4.69) is 0 Å². The second-order valence-electron chi connectivity index (χ2n) is 2.74. The number of rotatable bonds is 2. The highest BCUT2D eigenvalue weighted by Gasteiger charge is 2.47. The molecule has 1 rings (SSSR count). The lowest BCUT2D eigenvalue weighted by Crippen LogP contribution is -2.33. The van der Waals surface area contributed by atoms with E-state index in [0.717, 1.165) is 12.2 Å². The molecular weight excluding hydrogens is 255 g/mol. The number of alkyl halides is 2. The van der Waals surface area contributed by atoms with Crippen molar-refractivity contribution < 1.29 is 9.31 Å². The van der Waals surface area contributed by atoms with E-state index in [9.17, 15) is 14.5 Å². The third-order valence-electron chi connectivity index (χ3n) is 1.80. The molecule has 3 nitrogen and oxygen atoms in total. The molecular formula is C7H5Cl3FNO2. The van der Waals surface area contributed by atoms with Crippen LogP contribution in [0.5, 0.6) is 0 Å². The Morgan fingerprint density at radius 2 is 2.29 bits per heavy atom. The molecule has 1 aliphatic carbocycles. The van der Waals surface area contributed by atoms with E-state index in [1.54, 1.807) is 0 Å². The van der Waals surface area contributed by atoms with Gasteiger partial charge in [0, 0.05) is 22.9 Å². The highest BCUT2D eigenvalue weighted by atomic mass is 35.5. The number of hydrogen-bond acceptors (Lipinski definition) is 2. The van der Waals surface area contributed by atoms with E-state index in [4.69, 9.17) is 34.8 Å². The van der Waals surface area contributed by atoms with Crippen molar-refractivity contribution in [2.24, 2.45) is 5.92 Å². The van der Waals surface area contributed by atoms with E-state index in [-0.39, 0.29) is 10.9 Å². The predicted octanol–water partition coefficient (Wildman–Crippen LogP) is 3.04.